The van der Waals surface area contributed by atoms with Crippen LogP contribution in [0.1, 0.15) is 31.3 Å². The van der Waals surface area contributed by atoms with Crippen molar-refractivity contribution in [3.05, 3.63) is 17.5 Å². The van der Waals surface area contributed by atoms with Gasteiger partial charge in [0.15, 0.2) is 0 Å². The highest BCUT2D eigenvalue weighted by Crippen LogP contribution is 2.02. The van der Waals surface area contributed by atoms with E-state index in [9.17, 15) is 0 Å². The monoisotopic (exact) mass is 277 g/mol. The van der Waals surface area contributed by atoms with E-state index in [2.05, 4.69) is 51.4 Å². The fourth-order valence-electron chi connectivity index (χ4n) is 0.898. The van der Waals surface area contributed by atoms with Crippen LogP contribution in [-0.4, -0.2) is 15.0 Å². The molecule has 0 radical (unpaired) electrons. The van der Waals surface area contributed by atoms with Crippen molar-refractivity contribution in [3.63, 3.8) is 0 Å². The average Bonchev–Trinajstić information content (AvgIpc) is 2.16. The van der Waals surface area contributed by atoms with Crippen molar-refractivity contribution in [2.45, 2.75) is 31.1 Å². The Bertz CT molecular complexity index is 207. The molecule has 0 aliphatic rings. The Hall–Kier alpha value is -0.260. The Morgan fingerprint density at radius 2 is 1.33 bits per heavy atom. The molecule has 1 aromatic heterocycles. The van der Waals surface area contributed by atoms with Crippen LogP contribution in [0.5, 0.6) is 0 Å². The molecule has 4 heteroatoms. The normalized spacial score (nSPS) is 10.2. The first-order valence-corrected chi connectivity index (χ1v) is 5.61. The molecule has 0 amide bonds. The van der Waals surface area contributed by atoms with Gasteiger partial charge in [-0.2, -0.15) is 0 Å². The lowest BCUT2D eigenvalue weighted by Gasteiger charge is -2.01. The summed E-state index contributed by atoms with van der Waals surface area (Å²) < 4.78 is 0.861. The lowest BCUT2D eigenvalue weighted by atomic mass is 10.4. The van der Waals surface area contributed by atoms with Gasteiger partial charge < -0.3 is 0 Å². The van der Waals surface area contributed by atoms with Gasteiger partial charge in [-0.1, -0.05) is 36.4 Å². The zero-order valence-corrected chi connectivity index (χ0v) is 9.50. The second-order valence-corrected chi connectivity index (χ2v) is 3.19. The van der Waals surface area contributed by atoms with Gasteiger partial charge in [0.2, 0.25) is 0 Å². The summed E-state index contributed by atoms with van der Waals surface area (Å²) in [6, 6.07) is 0. The lowest BCUT2D eigenvalue weighted by molar-refractivity contribution is 0.796. The standard InChI is InChI=1S/C8H12IN3/c1-3-6-10-7(4-2)12-8(5-9)11-6/h3-5H2,1-2H3. The van der Waals surface area contributed by atoms with E-state index in [0.29, 0.717) is 0 Å². The minimum Gasteiger partial charge on any atom is -0.218 e. The van der Waals surface area contributed by atoms with E-state index in [4.69, 9.17) is 0 Å². The molecule has 1 heterocycles. The van der Waals surface area contributed by atoms with E-state index in [-0.39, 0.29) is 0 Å². The van der Waals surface area contributed by atoms with Crippen LogP contribution >= 0.6 is 22.6 Å². The summed E-state index contributed by atoms with van der Waals surface area (Å²) in [5.74, 6) is 2.72. The minimum atomic E-state index is 0.861. The molecule has 0 saturated carbocycles. The van der Waals surface area contributed by atoms with Gasteiger partial charge >= 0.3 is 0 Å². The molecule has 3 nitrogen and oxygen atoms in total. The zero-order valence-electron chi connectivity index (χ0n) is 7.34. The van der Waals surface area contributed by atoms with Gasteiger partial charge in [-0.15, -0.1) is 0 Å². The zero-order chi connectivity index (χ0) is 8.97. The van der Waals surface area contributed by atoms with E-state index in [1.807, 2.05) is 0 Å². The van der Waals surface area contributed by atoms with Crippen LogP contribution in [0.4, 0.5) is 0 Å². The van der Waals surface area contributed by atoms with Crippen molar-refractivity contribution >= 4 is 22.6 Å². The van der Waals surface area contributed by atoms with E-state index in [1.54, 1.807) is 0 Å². The SMILES string of the molecule is CCc1nc(CC)nc(CI)n1. The maximum Gasteiger partial charge on any atom is 0.142 e. The van der Waals surface area contributed by atoms with Crippen LogP contribution in [0.15, 0.2) is 0 Å². The molecule has 66 valence electrons. The predicted octanol–water partition coefficient (Wildman–Crippen LogP) is 1.93. The molecule has 0 fully saturated rings. The Kier molecular flexibility index (Phi) is 3.84. The third-order valence-corrected chi connectivity index (χ3v) is 2.21. The smallest absolute Gasteiger partial charge is 0.142 e. The van der Waals surface area contributed by atoms with Crippen molar-refractivity contribution in [3.8, 4) is 0 Å². The first-order valence-electron chi connectivity index (χ1n) is 4.08. The molecule has 0 atom stereocenters. The summed E-state index contributed by atoms with van der Waals surface area (Å²) in [4.78, 5) is 12.9. The number of halogens is 1. The number of hydrogen-bond acceptors (Lipinski definition) is 3. The Morgan fingerprint density at radius 3 is 1.67 bits per heavy atom. The molecule has 0 spiro atoms. The van der Waals surface area contributed by atoms with Crippen LogP contribution in [0.3, 0.4) is 0 Å². The van der Waals surface area contributed by atoms with Crippen LogP contribution in [0, 0.1) is 0 Å². The number of hydrogen-bond donors (Lipinski definition) is 0. The van der Waals surface area contributed by atoms with Gasteiger partial charge in [0.1, 0.15) is 17.5 Å². The number of alkyl halides is 1. The topological polar surface area (TPSA) is 38.7 Å². The van der Waals surface area contributed by atoms with Gasteiger partial charge in [-0.3, -0.25) is 0 Å². The third-order valence-electron chi connectivity index (χ3n) is 1.53. The van der Waals surface area contributed by atoms with Crippen molar-refractivity contribution in [1.82, 2.24) is 15.0 Å². The van der Waals surface area contributed by atoms with Crippen LogP contribution < -0.4 is 0 Å². The van der Waals surface area contributed by atoms with Crippen molar-refractivity contribution in [2.75, 3.05) is 0 Å². The molecule has 1 rings (SSSR count). The maximum atomic E-state index is 4.29. The van der Waals surface area contributed by atoms with Crippen LogP contribution in [-0.2, 0) is 17.3 Å². The quantitative estimate of drug-likeness (QED) is 0.626. The van der Waals surface area contributed by atoms with E-state index in [0.717, 1.165) is 34.7 Å². The highest BCUT2D eigenvalue weighted by atomic mass is 127. The summed E-state index contributed by atoms with van der Waals surface area (Å²) in [6.45, 7) is 4.12. The summed E-state index contributed by atoms with van der Waals surface area (Å²) in [5.41, 5.74) is 0. The van der Waals surface area contributed by atoms with Gasteiger partial charge in [-0.25, -0.2) is 15.0 Å². The average molecular weight is 277 g/mol. The molecule has 0 aliphatic heterocycles. The van der Waals surface area contributed by atoms with E-state index >= 15 is 0 Å². The van der Waals surface area contributed by atoms with Gasteiger partial charge in [0, 0.05) is 12.8 Å². The first kappa shape index (κ1) is 9.83. The van der Waals surface area contributed by atoms with Crippen molar-refractivity contribution in [1.29, 1.82) is 0 Å². The molecule has 0 N–H and O–H groups in total. The predicted molar refractivity (Wildman–Crippen MR) is 56.3 cm³/mol. The number of aromatic nitrogens is 3. The highest BCUT2D eigenvalue weighted by molar-refractivity contribution is 14.1. The van der Waals surface area contributed by atoms with E-state index < -0.39 is 0 Å². The van der Waals surface area contributed by atoms with Gasteiger partial charge in [0.05, 0.1) is 4.43 Å². The molecule has 0 saturated heterocycles. The van der Waals surface area contributed by atoms with Crippen LogP contribution in [0.25, 0.3) is 0 Å². The molecule has 0 unspecified atom stereocenters. The second-order valence-electron chi connectivity index (χ2n) is 2.42. The third kappa shape index (κ3) is 2.36. The Labute approximate surface area is 86.2 Å². The van der Waals surface area contributed by atoms with E-state index in [1.165, 1.54) is 0 Å². The summed E-state index contributed by atoms with van der Waals surface area (Å²) in [6.07, 6.45) is 1.78. The Morgan fingerprint density at radius 1 is 0.917 bits per heavy atom. The van der Waals surface area contributed by atoms with Gasteiger partial charge in [0.25, 0.3) is 0 Å². The first-order chi connectivity index (χ1) is 5.80. The second kappa shape index (κ2) is 4.69. The fraction of sp³-hybridized carbons (Fsp3) is 0.625. The maximum absolute atomic E-state index is 4.29. The van der Waals surface area contributed by atoms with Crippen LogP contribution in [0.2, 0.25) is 0 Å². The molecular weight excluding hydrogens is 265 g/mol. The minimum absolute atomic E-state index is 0.861. The number of nitrogens with zero attached hydrogens (tertiary/aromatic N) is 3. The molecule has 1 aromatic rings. The summed E-state index contributed by atoms with van der Waals surface area (Å²) in [5, 5.41) is 0. The number of rotatable bonds is 3. The highest BCUT2D eigenvalue weighted by Gasteiger charge is 2.01. The lowest BCUT2D eigenvalue weighted by Crippen LogP contribution is -2.05. The molecule has 12 heavy (non-hydrogen) atoms. The number of aryl methyl sites for hydroxylation is 2. The van der Waals surface area contributed by atoms with Gasteiger partial charge in [-0.05, 0) is 0 Å². The van der Waals surface area contributed by atoms with Crippen molar-refractivity contribution < 1.29 is 0 Å². The molecular formula is C8H12IN3. The molecule has 0 aromatic carbocycles. The van der Waals surface area contributed by atoms with Crippen molar-refractivity contribution in [2.24, 2.45) is 0 Å². The molecule has 0 aliphatic carbocycles. The molecule has 0 bridgehead atoms. The summed E-state index contributed by atoms with van der Waals surface area (Å²) >= 11 is 2.27. The summed E-state index contributed by atoms with van der Waals surface area (Å²) in [7, 11) is 0. The Balaban J connectivity index is 3.01. The fourth-order valence-corrected chi connectivity index (χ4v) is 1.24. The largest absolute Gasteiger partial charge is 0.218 e.